The van der Waals surface area contributed by atoms with E-state index in [0.717, 1.165) is 22.3 Å². The van der Waals surface area contributed by atoms with Gasteiger partial charge in [-0.2, -0.15) is 0 Å². The zero-order valence-electron chi connectivity index (χ0n) is 11.5. The van der Waals surface area contributed by atoms with E-state index in [1.54, 1.807) is 18.3 Å². The molecule has 7 nitrogen and oxygen atoms in total. The Morgan fingerprint density at radius 2 is 1.77 bits per heavy atom. The molecule has 22 heavy (non-hydrogen) atoms. The molecule has 3 rings (SSSR count). The Bertz CT molecular complexity index is 844. The molecular weight excluding hydrogens is 280 g/mol. The van der Waals surface area contributed by atoms with Crippen LogP contribution in [0.15, 0.2) is 65.0 Å². The number of nitrogens with one attached hydrogen (secondary N) is 1. The Kier molecular flexibility index (Phi) is 3.80. The number of azo groups is 1. The molecule has 0 saturated carbocycles. The van der Waals surface area contributed by atoms with Gasteiger partial charge in [0.2, 0.25) is 0 Å². The molecule has 0 unspecified atom stereocenters. The summed E-state index contributed by atoms with van der Waals surface area (Å²) in [6.07, 6.45) is 1.72. The van der Waals surface area contributed by atoms with Crippen molar-refractivity contribution in [3.8, 4) is 11.3 Å². The van der Waals surface area contributed by atoms with Crippen LogP contribution in [0, 0.1) is 0 Å². The van der Waals surface area contributed by atoms with Crippen LogP contribution in [0.2, 0.25) is 0 Å². The first-order valence-corrected chi connectivity index (χ1v) is 6.51. The minimum absolute atomic E-state index is 0.543. The van der Waals surface area contributed by atoms with Crippen molar-refractivity contribution in [2.75, 3.05) is 0 Å². The van der Waals surface area contributed by atoms with Gasteiger partial charge in [0.05, 0.1) is 28.6 Å². The van der Waals surface area contributed by atoms with Gasteiger partial charge in [-0.1, -0.05) is 29.4 Å². The summed E-state index contributed by atoms with van der Waals surface area (Å²) in [5, 5.41) is 7.14. The second-order valence-electron chi connectivity index (χ2n) is 4.44. The summed E-state index contributed by atoms with van der Waals surface area (Å²) in [5.41, 5.74) is 5.77. The smallest absolute Gasteiger partial charge is 0.273 e. The summed E-state index contributed by atoms with van der Waals surface area (Å²) in [6, 6.07) is 14.1. The third kappa shape index (κ3) is 2.94. The average Bonchev–Trinajstić information content (AvgIpc) is 2.59. The Labute approximate surface area is 125 Å². The van der Waals surface area contributed by atoms with E-state index in [9.17, 15) is 4.79 Å². The number of hydrogen-bond acceptors (Lipinski definition) is 5. The van der Waals surface area contributed by atoms with Crippen molar-refractivity contribution in [2.45, 2.75) is 0 Å². The Morgan fingerprint density at radius 3 is 2.50 bits per heavy atom. The molecule has 0 spiro atoms. The van der Waals surface area contributed by atoms with Crippen molar-refractivity contribution in [3.05, 3.63) is 54.7 Å². The van der Waals surface area contributed by atoms with Crippen LogP contribution < -0.4 is 11.3 Å². The van der Waals surface area contributed by atoms with Crippen molar-refractivity contribution in [3.63, 3.8) is 0 Å². The molecule has 0 bridgehead atoms. The molecule has 0 fully saturated rings. The zero-order chi connectivity index (χ0) is 15.4. The lowest BCUT2D eigenvalue weighted by Crippen LogP contribution is -2.26. The van der Waals surface area contributed by atoms with E-state index < -0.39 is 6.03 Å². The fourth-order valence-corrected chi connectivity index (χ4v) is 1.93. The van der Waals surface area contributed by atoms with Crippen LogP contribution in [0.1, 0.15) is 0 Å². The van der Waals surface area contributed by atoms with Crippen molar-refractivity contribution >= 4 is 22.8 Å². The third-order valence-corrected chi connectivity index (χ3v) is 2.99. The van der Waals surface area contributed by atoms with Gasteiger partial charge in [0.1, 0.15) is 0 Å². The van der Waals surface area contributed by atoms with E-state index in [2.05, 4.69) is 20.2 Å². The summed E-state index contributed by atoms with van der Waals surface area (Å²) in [5.74, 6) is 4.91. The molecule has 1 heterocycles. The molecule has 2 aromatic carbocycles. The lowest BCUT2D eigenvalue weighted by molar-refractivity contribution is 0.248. The number of rotatable bonds is 2. The second kappa shape index (κ2) is 6.06. The number of hydrogen-bond donors (Lipinski definition) is 2. The molecule has 7 heteroatoms. The number of nitrogens with zero attached hydrogens (tertiary/aromatic N) is 4. The zero-order valence-corrected chi connectivity index (χ0v) is 11.5. The molecule has 0 aliphatic rings. The number of urea groups is 1. The molecule has 2 amide bonds. The van der Waals surface area contributed by atoms with Gasteiger partial charge >= 0.3 is 6.03 Å². The number of fused-ring (bicyclic) bond motifs is 1. The van der Waals surface area contributed by atoms with Gasteiger partial charge < -0.3 is 0 Å². The predicted molar refractivity (Wildman–Crippen MR) is 82.2 cm³/mol. The normalized spacial score (nSPS) is 11.0. The van der Waals surface area contributed by atoms with Crippen LogP contribution in [-0.4, -0.2) is 16.0 Å². The van der Waals surface area contributed by atoms with Gasteiger partial charge in [0.25, 0.3) is 0 Å². The quantitative estimate of drug-likeness (QED) is 0.328. The van der Waals surface area contributed by atoms with E-state index in [1.807, 2.05) is 41.8 Å². The number of carbonyl (C=O) groups excluding carboxylic acids is 1. The minimum Gasteiger partial charge on any atom is -0.273 e. The summed E-state index contributed by atoms with van der Waals surface area (Å²) in [7, 11) is 0. The fraction of sp³-hybridized carbons (Fsp3) is 0. The molecule has 108 valence electrons. The van der Waals surface area contributed by atoms with Crippen LogP contribution in [0.3, 0.4) is 0 Å². The SMILES string of the molecule is NNC(=O)N=Nc1ccc(-c2cnc3ccccc3n2)cc1. The van der Waals surface area contributed by atoms with Crippen LogP contribution in [0.5, 0.6) is 0 Å². The standard InChI is InChI=1S/C15H12N6O/c16-19-15(22)21-20-11-7-5-10(6-8-11)14-9-17-12-3-1-2-4-13(12)18-14/h1-9H,16H2,(H,19,22). The molecule has 0 saturated heterocycles. The maximum absolute atomic E-state index is 10.9. The molecule has 3 aromatic rings. The highest BCUT2D eigenvalue weighted by molar-refractivity contribution is 5.77. The topological polar surface area (TPSA) is 106 Å². The highest BCUT2D eigenvalue weighted by atomic mass is 16.2. The van der Waals surface area contributed by atoms with E-state index in [1.165, 1.54) is 0 Å². The Hall–Kier alpha value is -3.19. The van der Waals surface area contributed by atoms with Crippen molar-refractivity contribution in [2.24, 2.45) is 16.1 Å². The molecule has 1 aromatic heterocycles. The van der Waals surface area contributed by atoms with E-state index in [4.69, 9.17) is 5.84 Å². The van der Waals surface area contributed by atoms with Crippen molar-refractivity contribution in [1.82, 2.24) is 15.4 Å². The van der Waals surface area contributed by atoms with Crippen molar-refractivity contribution in [1.29, 1.82) is 0 Å². The summed E-state index contributed by atoms with van der Waals surface area (Å²) in [4.78, 5) is 19.8. The first-order chi connectivity index (χ1) is 10.8. The molecule has 3 N–H and O–H groups in total. The molecule has 0 radical (unpaired) electrons. The average molecular weight is 292 g/mol. The number of nitrogens with two attached hydrogens (primary N) is 1. The summed E-state index contributed by atoms with van der Waals surface area (Å²) in [6.45, 7) is 0. The van der Waals surface area contributed by atoms with Gasteiger partial charge in [-0.3, -0.25) is 10.4 Å². The number of aromatic nitrogens is 2. The fourth-order valence-electron chi connectivity index (χ4n) is 1.93. The molecule has 0 aliphatic carbocycles. The number of para-hydroxylation sites is 2. The molecule has 0 aliphatic heterocycles. The lowest BCUT2D eigenvalue weighted by atomic mass is 10.1. The Balaban J connectivity index is 1.88. The van der Waals surface area contributed by atoms with Gasteiger partial charge in [0, 0.05) is 5.56 Å². The maximum Gasteiger partial charge on any atom is 0.373 e. The monoisotopic (exact) mass is 292 g/mol. The van der Waals surface area contributed by atoms with Crippen LogP contribution in [-0.2, 0) is 0 Å². The summed E-state index contributed by atoms with van der Waals surface area (Å²) >= 11 is 0. The molecular formula is C15H12N6O. The third-order valence-electron chi connectivity index (χ3n) is 2.99. The number of amides is 2. The minimum atomic E-state index is -0.704. The summed E-state index contributed by atoms with van der Waals surface area (Å²) < 4.78 is 0. The van der Waals surface area contributed by atoms with Gasteiger partial charge in [-0.15, -0.1) is 5.11 Å². The number of carbonyl (C=O) groups is 1. The maximum atomic E-state index is 10.9. The predicted octanol–water partition coefficient (Wildman–Crippen LogP) is 2.96. The first kappa shape index (κ1) is 13.8. The van der Waals surface area contributed by atoms with E-state index in [-0.39, 0.29) is 0 Å². The van der Waals surface area contributed by atoms with Gasteiger partial charge in [-0.05, 0) is 24.3 Å². The van der Waals surface area contributed by atoms with E-state index >= 15 is 0 Å². The van der Waals surface area contributed by atoms with Crippen molar-refractivity contribution < 1.29 is 4.79 Å². The number of hydrazine groups is 1. The van der Waals surface area contributed by atoms with Crippen LogP contribution >= 0.6 is 0 Å². The second-order valence-corrected chi connectivity index (χ2v) is 4.44. The highest BCUT2D eigenvalue weighted by Crippen LogP contribution is 2.22. The molecule has 0 atom stereocenters. The van der Waals surface area contributed by atoms with Gasteiger partial charge in [0.15, 0.2) is 0 Å². The Morgan fingerprint density at radius 1 is 1.05 bits per heavy atom. The van der Waals surface area contributed by atoms with Crippen LogP contribution in [0.4, 0.5) is 10.5 Å². The number of benzene rings is 2. The largest absolute Gasteiger partial charge is 0.373 e. The highest BCUT2D eigenvalue weighted by Gasteiger charge is 2.02. The van der Waals surface area contributed by atoms with Gasteiger partial charge in [-0.25, -0.2) is 15.6 Å². The first-order valence-electron chi connectivity index (χ1n) is 6.51. The van der Waals surface area contributed by atoms with Crippen LogP contribution in [0.25, 0.3) is 22.3 Å². The lowest BCUT2D eigenvalue weighted by Gasteiger charge is -2.02. The van der Waals surface area contributed by atoms with E-state index in [0.29, 0.717) is 5.69 Å².